The number of hydrogen-bond acceptors (Lipinski definition) is 4. The molecule has 2 unspecified atom stereocenters. The predicted octanol–water partition coefficient (Wildman–Crippen LogP) is 4.17. The van der Waals surface area contributed by atoms with Gasteiger partial charge in [0, 0.05) is 29.1 Å². The van der Waals surface area contributed by atoms with Crippen molar-refractivity contribution in [3.63, 3.8) is 0 Å². The SMILES string of the molecule is CCSC1CCCC(NC(=NC)NCc2nc(C(C)(C)C)cs2)C1. The average molecular weight is 369 g/mol. The molecule has 136 valence electrons. The standard InChI is InChI=1S/C18H32N4S2/c1-6-23-14-9-7-8-13(10-14)21-17(19-5)20-11-16-22-15(12-24-16)18(2,3)4/h12-14H,6-11H2,1-5H3,(H2,19,20,21). The minimum absolute atomic E-state index is 0.114. The minimum atomic E-state index is 0.114. The molecule has 1 aliphatic rings. The maximum Gasteiger partial charge on any atom is 0.191 e. The predicted molar refractivity (Wildman–Crippen MR) is 108 cm³/mol. The highest BCUT2D eigenvalue weighted by atomic mass is 32.2. The summed E-state index contributed by atoms with van der Waals surface area (Å²) in [5.41, 5.74) is 1.28. The molecule has 1 aromatic rings. The van der Waals surface area contributed by atoms with Crippen molar-refractivity contribution in [1.29, 1.82) is 0 Å². The number of thiazole rings is 1. The zero-order chi connectivity index (χ0) is 17.6. The van der Waals surface area contributed by atoms with Gasteiger partial charge in [-0.1, -0.05) is 34.1 Å². The van der Waals surface area contributed by atoms with Crippen LogP contribution >= 0.6 is 23.1 Å². The van der Waals surface area contributed by atoms with Crippen LogP contribution in [0.3, 0.4) is 0 Å². The van der Waals surface area contributed by atoms with E-state index in [1.165, 1.54) is 37.1 Å². The second-order valence-electron chi connectivity index (χ2n) is 7.39. The zero-order valence-electron chi connectivity index (χ0n) is 15.7. The topological polar surface area (TPSA) is 49.3 Å². The van der Waals surface area contributed by atoms with Crippen molar-refractivity contribution in [2.24, 2.45) is 4.99 Å². The van der Waals surface area contributed by atoms with Gasteiger partial charge in [-0.3, -0.25) is 4.99 Å². The highest BCUT2D eigenvalue weighted by molar-refractivity contribution is 7.99. The molecule has 2 N–H and O–H groups in total. The van der Waals surface area contributed by atoms with Crippen molar-refractivity contribution in [3.8, 4) is 0 Å². The minimum Gasteiger partial charge on any atom is -0.354 e. The van der Waals surface area contributed by atoms with Crippen LogP contribution in [0.4, 0.5) is 0 Å². The first-order valence-corrected chi connectivity index (χ1v) is 10.9. The van der Waals surface area contributed by atoms with E-state index in [0.717, 1.165) is 22.8 Å². The maximum absolute atomic E-state index is 4.74. The van der Waals surface area contributed by atoms with Crippen LogP contribution in [-0.2, 0) is 12.0 Å². The molecule has 4 nitrogen and oxygen atoms in total. The fourth-order valence-electron chi connectivity index (χ4n) is 2.95. The van der Waals surface area contributed by atoms with Gasteiger partial charge < -0.3 is 10.6 Å². The molecular weight excluding hydrogens is 336 g/mol. The van der Waals surface area contributed by atoms with Crippen molar-refractivity contribution in [2.45, 2.75) is 76.6 Å². The fraction of sp³-hybridized carbons (Fsp3) is 0.778. The smallest absolute Gasteiger partial charge is 0.191 e. The summed E-state index contributed by atoms with van der Waals surface area (Å²) in [6.07, 6.45) is 5.16. The summed E-state index contributed by atoms with van der Waals surface area (Å²) in [7, 11) is 1.85. The summed E-state index contributed by atoms with van der Waals surface area (Å²) >= 11 is 3.82. The highest BCUT2D eigenvalue weighted by Gasteiger charge is 2.22. The Kier molecular flexibility index (Phi) is 7.41. The number of nitrogens with one attached hydrogen (secondary N) is 2. The largest absolute Gasteiger partial charge is 0.354 e. The van der Waals surface area contributed by atoms with Gasteiger partial charge in [0.15, 0.2) is 5.96 Å². The molecule has 0 amide bonds. The number of aromatic nitrogens is 1. The average Bonchev–Trinajstić information content (AvgIpc) is 3.01. The highest BCUT2D eigenvalue weighted by Crippen LogP contribution is 2.28. The Morgan fingerprint density at radius 2 is 2.21 bits per heavy atom. The lowest BCUT2D eigenvalue weighted by Gasteiger charge is -2.30. The molecule has 0 spiro atoms. The molecule has 1 aliphatic carbocycles. The molecule has 0 saturated heterocycles. The second-order valence-corrected chi connectivity index (χ2v) is 9.91. The van der Waals surface area contributed by atoms with Crippen molar-refractivity contribution >= 4 is 29.1 Å². The van der Waals surface area contributed by atoms with Crippen molar-refractivity contribution in [2.75, 3.05) is 12.8 Å². The first-order valence-electron chi connectivity index (χ1n) is 8.96. The Morgan fingerprint density at radius 1 is 1.42 bits per heavy atom. The molecule has 24 heavy (non-hydrogen) atoms. The molecule has 1 aromatic heterocycles. The molecule has 0 bridgehead atoms. The summed E-state index contributed by atoms with van der Waals surface area (Å²) in [6.45, 7) is 9.59. The van der Waals surface area contributed by atoms with E-state index in [-0.39, 0.29) is 5.41 Å². The molecule has 2 atom stereocenters. The first-order chi connectivity index (χ1) is 11.4. The fourth-order valence-corrected chi connectivity index (χ4v) is 5.08. The number of nitrogens with zero attached hydrogens (tertiary/aromatic N) is 2. The summed E-state index contributed by atoms with van der Waals surface area (Å²) in [4.78, 5) is 9.13. The third-order valence-electron chi connectivity index (χ3n) is 4.32. The maximum atomic E-state index is 4.74. The van der Waals surface area contributed by atoms with E-state index in [9.17, 15) is 0 Å². The molecule has 1 heterocycles. The van der Waals surface area contributed by atoms with Gasteiger partial charge >= 0.3 is 0 Å². The molecule has 1 fully saturated rings. The van der Waals surface area contributed by atoms with Gasteiger partial charge in [0.2, 0.25) is 0 Å². The van der Waals surface area contributed by atoms with Crippen LogP contribution in [0.15, 0.2) is 10.4 Å². The van der Waals surface area contributed by atoms with Gasteiger partial charge in [-0.05, 0) is 25.0 Å². The van der Waals surface area contributed by atoms with E-state index in [4.69, 9.17) is 4.98 Å². The summed E-state index contributed by atoms with van der Waals surface area (Å²) < 4.78 is 0. The Balaban J connectivity index is 1.83. The van der Waals surface area contributed by atoms with Crippen LogP contribution < -0.4 is 10.6 Å². The van der Waals surface area contributed by atoms with Gasteiger partial charge in [-0.15, -0.1) is 11.3 Å². The Labute approximate surface area is 155 Å². The summed E-state index contributed by atoms with van der Waals surface area (Å²) in [6, 6.07) is 0.537. The number of guanidine groups is 1. The van der Waals surface area contributed by atoms with E-state index < -0.39 is 0 Å². The lowest BCUT2D eigenvalue weighted by atomic mass is 9.93. The molecule has 0 radical (unpaired) electrons. The molecule has 2 rings (SSSR count). The van der Waals surface area contributed by atoms with Crippen LogP contribution in [0.2, 0.25) is 0 Å². The van der Waals surface area contributed by atoms with Gasteiger partial charge in [-0.25, -0.2) is 4.98 Å². The zero-order valence-corrected chi connectivity index (χ0v) is 17.3. The normalized spacial score (nSPS) is 22.5. The Morgan fingerprint density at radius 3 is 2.83 bits per heavy atom. The number of rotatable bonds is 5. The van der Waals surface area contributed by atoms with Crippen LogP contribution in [-0.4, -0.2) is 35.0 Å². The third kappa shape index (κ3) is 5.96. The van der Waals surface area contributed by atoms with Crippen LogP contribution in [0.1, 0.15) is 64.1 Å². The third-order valence-corrected chi connectivity index (χ3v) is 6.40. The van der Waals surface area contributed by atoms with Crippen LogP contribution in [0, 0.1) is 0 Å². The molecular formula is C18H32N4S2. The quantitative estimate of drug-likeness (QED) is 0.605. The van der Waals surface area contributed by atoms with E-state index >= 15 is 0 Å². The van der Waals surface area contributed by atoms with Gasteiger partial charge in [0.05, 0.1) is 12.2 Å². The monoisotopic (exact) mass is 368 g/mol. The van der Waals surface area contributed by atoms with E-state index in [1.54, 1.807) is 11.3 Å². The van der Waals surface area contributed by atoms with E-state index in [1.807, 2.05) is 7.05 Å². The number of hydrogen-bond donors (Lipinski definition) is 2. The van der Waals surface area contributed by atoms with Crippen molar-refractivity contribution < 1.29 is 0 Å². The Hall–Kier alpha value is -0.750. The lowest BCUT2D eigenvalue weighted by molar-refractivity contribution is 0.419. The van der Waals surface area contributed by atoms with E-state index in [0.29, 0.717) is 6.04 Å². The number of thioether (sulfide) groups is 1. The molecule has 0 aliphatic heterocycles. The summed E-state index contributed by atoms with van der Waals surface area (Å²) in [5, 5.41) is 11.1. The van der Waals surface area contributed by atoms with Crippen molar-refractivity contribution in [1.82, 2.24) is 15.6 Å². The summed E-state index contributed by atoms with van der Waals surface area (Å²) in [5.74, 6) is 2.11. The Bertz CT molecular complexity index is 531. The second kappa shape index (κ2) is 9.09. The van der Waals surface area contributed by atoms with Gasteiger partial charge in [0.25, 0.3) is 0 Å². The molecule has 6 heteroatoms. The first kappa shape index (κ1) is 19.6. The van der Waals surface area contributed by atoms with Crippen LogP contribution in [0.5, 0.6) is 0 Å². The number of aliphatic imine (C=N–C) groups is 1. The van der Waals surface area contributed by atoms with Gasteiger partial charge in [0.1, 0.15) is 5.01 Å². The lowest BCUT2D eigenvalue weighted by Crippen LogP contribution is -2.45. The van der Waals surface area contributed by atoms with Crippen LogP contribution in [0.25, 0.3) is 0 Å². The van der Waals surface area contributed by atoms with Gasteiger partial charge in [-0.2, -0.15) is 11.8 Å². The van der Waals surface area contributed by atoms with E-state index in [2.05, 4.69) is 60.5 Å². The molecule has 0 aromatic carbocycles. The van der Waals surface area contributed by atoms with Crippen molar-refractivity contribution in [3.05, 3.63) is 16.1 Å². The molecule has 1 saturated carbocycles.